The average Bonchev–Trinajstić information content (AvgIpc) is 2.71. The van der Waals surface area contributed by atoms with Crippen LogP contribution in [-0.2, 0) is 0 Å². The molecule has 0 atom stereocenters. The first kappa shape index (κ1) is 18.3. The lowest BCUT2D eigenvalue weighted by Crippen LogP contribution is -1.98. The van der Waals surface area contributed by atoms with Gasteiger partial charge in [0.25, 0.3) is 5.69 Å². The fourth-order valence-electron chi connectivity index (χ4n) is 2.88. The molecule has 4 aromatic rings. The Morgan fingerprint density at radius 2 is 1.86 bits per heavy atom. The maximum absolute atomic E-state index is 11.1. The monoisotopic (exact) mass is 387 g/mol. The van der Waals surface area contributed by atoms with Crippen molar-refractivity contribution >= 4 is 28.1 Å². The smallest absolute Gasteiger partial charge is 0.270 e. The number of hydrogen-bond donors (Lipinski definition) is 1. The lowest BCUT2D eigenvalue weighted by atomic mass is 10.1. The molecule has 0 amide bonds. The number of rotatable bonds is 5. The molecule has 0 spiro atoms. The molecule has 0 saturated heterocycles. The largest absolute Gasteiger partial charge is 0.455 e. The maximum atomic E-state index is 11.1. The fraction of sp³-hybridized carbons (Fsp3) is 0.0952. The van der Waals surface area contributed by atoms with Gasteiger partial charge in [-0.2, -0.15) is 0 Å². The molecule has 144 valence electrons. The summed E-state index contributed by atoms with van der Waals surface area (Å²) in [7, 11) is 0. The standard InChI is InChI=1S/C21H17N5O3/c1-13-9-15(4-8-20(13)29-17-6-3-14(2)22-11-17)25-21-18-10-16(26(27)28)5-7-19(18)23-12-24-21/h3-12H,1-2H3,(H,23,24,25). The number of aryl methyl sites for hydroxylation is 2. The van der Waals surface area contributed by atoms with Gasteiger partial charge in [-0.3, -0.25) is 15.1 Å². The van der Waals surface area contributed by atoms with Crippen LogP contribution in [0.1, 0.15) is 11.3 Å². The minimum absolute atomic E-state index is 0.0121. The number of nitro groups is 1. The van der Waals surface area contributed by atoms with Crippen molar-refractivity contribution in [3.05, 3.63) is 82.4 Å². The van der Waals surface area contributed by atoms with Gasteiger partial charge in [0, 0.05) is 28.9 Å². The number of nitro benzene ring substituents is 1. The van der Waals surface area contributed by atoms with Gasteiger partial charge in [0.2, 0.25) is 0 Å². The lowest BCUT2D eigenvalue weighted by molar-refractivity contribution is -0.384. The van der Waals surface area contributed by atoms with E-state index in [1.54, 1.807) is 12.3 Å². The summed E-state index contributed by atoms with van der Waals surface area (Å²) in [6.45, 7) is 3.85. The van der Waals surface area contributed by atoms with Gasteiger partial charge in [0.05, 0.1) is 16.6 Å². The summed E-state index contributed by atoms with van der Waals surface area (Å²) in [5.41, 5.74) is 3.23. The molecule has 2 aromatic carbocycles. The Balaban J connectivity index is 1.61. The van der Waals surface area contributed by atoms with Crippen LogP contribution in [0.4, 0.5) is 17.2 Å². The van der Waals surface area contributed by atoms with Gasteiger partial charge in [-0.15, -0.1) is 0 Å². The zero-order chi connectivity index (χ0) is 20.4. The molecular weight excluding hydrogens is 370 g/mol. The van der Waals surface area contributed by atoms with E-state index < -0.39 is 4.92 Å². The number of pyridine rings is 1. The van der Waals surface area contributed by atoms with Crippen molar-refractivity contribution in [3.63, 3.8) is 0 Å². The van der Waals surface area contributed by atoms with Crippen LogP contribution in [0.2, 0.25) is 0 Å². The van der Waals surface area contributed by atoms with E-state index in [0.29, 0.717) is 28.2 Å². The first-order chi connectivity index (χ1) is 14.0. The molecule has 0 unspecified atom stereocenters. The first-order valence-electron chi connectivity index (χ1n) is 8.87. The van der Waals surface area contributed by atoms with Crippen LogP contribution in [0, 0.1) is 24.0 Å². The van der Waals surface area contributed by atoms with Crippen LogP contribution in [-0.4, -0.2) is 19.9 Å². The fourth-order valence-corrected chi connectivity index (χ4v) is 2.88. The van der Waals surface area contributed by atoms with E-state index in [2.05, 4.69) is 20.3 Å². The first-order valence-corrected chi connectivity index (χ1v) is 8.87. The van der Waals surface area contributed by atoms with Gasteiger partial charge in [0.1, 0.15) is 23.6 Å². The molecule has 1 N–H and O–H groups in total. The van der Waals surface area contributed by atoms with Crippen LogP contribution in [0.3, 0.4) is 0 Å². The molecule has 8 nitrogen and oxygen atoms in total. The number of non-ortho nitro benzene ring substituents is 1. The van der Waals surface area contributed by atoms with Crippen molar-refractivity contribution in [1.29, 1.82) is 0 Å². The molecular formula is C21H17N5O3. The molecule has 0 fully saturated rings. The van der Waals surface area contributed by atoms with E-state index in [1.807, 2.05) is 44.2 Å². The number of nitrogens with zero attached hydrogens (tertiary/aromatic N) is 4. The topological polar surface area (TPSA) is 103 Å². The molecule has 8 heteroatoms. The summed E-state index contributed by atoms with van der Waals surface area (Å²) in [4.78, 5) is 23.3. The molecule has 2 heterocycles. The van der Waals surface area contributed by atoms with Crippen molar-refractivity contribution < 1.29 is 9.66 Å². The quantitative estimate of drug-likeness (QED) is 0.376. The van der Waals surface area contributed by atoms with Crippen LogP contribution in [0.15, 0.2) is 61.1 Å². The second kappa shape index (κ2) is 7.51. The molecule has 29 heavy (non-hydrogen) atoms. The van der Waals surface area contributed by atoms with E-state index in [-0.39, 0.29) is 5.69 Å². The molecule has 0 radical (unpaired) electrons. The Bertz CT molecular complexity index is 1210. The van der Waals surface area contributed by atoms with Crippen LogP contribution in [0.5, 0.6) is 11.5 Å². The predicted molar refractivity (Wildman–Crippen MR) is 110 cm³/mol. The highest BCUT2D eigenvalue weighted by molar-refractivity contribution is 5.92. The van der Waals surface area contributed by atoms with Gasteiger partial charge >= 0.3 is 0 Å². The summed E-state index contributed by atoms with van der Waals surface area (Å²) in [5, 5.41) is 14.9. The molecule has 4 rings (SSSR count). The third kappa shape index (κ3) is 3.96. The maximum Gasteiger partial charge on any atom is 0.270 e. The summed E-state index contributed by atoms with van der Waals surface area (Å²) in [6, 6.07) is 13.9. The average molecular weight is 387 g/mol. The third-order valence-electron chi connectivity index (χ3n) is 4.38. The highest BCUT2D eigenvalue weighted by Crippen LogP contribution is 2.30. The zero-order valence-electron chi connectivity index (χ0n) is 15.8. The van der Waals surface area contributed by atoms with Gasteiger partial charge in [0.15, 0.2) is 0 Å². The van der Waals surface area contributed by atoms with Gasteiger partial charge in [-0.1, -0.05) is 0 Å². The van der Waals surface area contributed by atoms with E-state index >= 15 is 0 Å². The highest BCUT2D eigenvalue weighted by atomic mass is 16.6. The minimum Gasteiger partial charge on any atom is -0.455 e. The van der Waals surface area contributed by atoms with E-state index in [0.717, 1.165) is 16.9 Å². The number of ether oxygens (including phenoxy) is 1. The normalized spacial score (nSPS) is 10.7. The summed E-state index contributed by atoms with van der Waals surface area (Å²) < 4.78 is 5.89. The van der Waals surface area contributed by atoms with Crippen molar-refractivity contribution in [2.75, 3.05) is 5.32 Å². The molecule has 0 bridgehead atoms. The second-order valence-electron chi connectivity index (χ2n) is 6.52. The number of aromatic nitrogens is 3. The lowest BCUT2D eigenvalue weighted by Gasteiger charge is -2.12. The van der Waals surface area contributed by atoms with Crippen LogP contribution >= 0.6 is 0 Å². The SMILES string of the molecule is Cc1ccc(Oc2ccc(Nc3ncnc4ccc([N+](=O)[O-])cc34)cc2C)cn1. The van der Waals surface area contributed by atoms with Crippen LogP contribution in [0.25, 0.3) is 10.9 Å². The number of anilines is 2. The Morgan fingerprint density at radius 1 is 1.00 bits per heavy atom. The number of fused-ring (bicyclic) bond motifs is 1. The Kier molecular flexibility index (Phi) is 4.74. The third-order valence-corrected chi connectivity index (χ3v) is 4.38. The van der Waals surface area contributed by atoms with E-state index in [4.69, 9.17) is 4.74 Å². The zero-order valence-corrected chi connectivity index (χ0v) is 15.8. The van der Waals surface area contributed by atoms with Gasteiger partial charge in [-0.25, -0.2) is 9.97 Å². The summed E-state index contributed by atoms with van der Waals surface area (Å²) in [5.74, 6) is 1.87. The highest BCUT2D eigenvalue weighted by Gasteiger charge is 2.11. The number of benzene rings is 2. The van der Waals surface area contributed by atoms with Crippen molar-refractivity contribution in [1.82, 2.24) is 15.0 Å². The molecule has 0 saturated carbocycles. The molecule has 0 aliphatic carbocycles. The van der Waals surface area contributed by atoms with Crippen molar-refractivity contribution in [3.8, 4) is 11.5 Å². The van der Waals surface area contributed by atoms with Crippen LogP contribution < -0.4 is 10.1 Å². The van der Waals surface area contributed by atoms with Crippen molar-refractivity contribution in [2.24, 2.45) is 0 Å². The Labute approximate surface area is 166 Å². The predicted octanol–water partition coefficient (Wildman–Crippen LogP) is 5.09. The minimum atomic E-state index is -0.438. The van der Waals surface area contributed by atoms with E-state index in [9.17, 15) is 10.1 Å². The molecule has 0 aliphatic rings. The summed E-state index contributed by atoms with van der Waals surface area (Å²) >= 11 is 0. The number of nitrogens with one attached hydrogen (secondary N) is 1. The second-order valence-corrected chi connectivity index (χ2v) is 6.52. The number of hydrogen-bond acceptors (Lipinski definition) is 7. The van der Waals surface area contributed by atoms with Crippen molar-refractivity contribution in [2.45, 2.75) is 13.8 Å². The van der Waals surface area contributed by atoms with Gasteiger partial charge < -0.3 is 10.1 Å². The molecule has 0 aliphatic heterocycles. The Morgan fingerprint density at radius 3 is 2.59 bits per heavy atom. The summed E-state index contributed by atoms with van der Waals surface area (Å²) in [6.07, 6.45) is 3.10. The van der Waals surface area contributed by atoms with Gasteiger partial charge in [-0.05, 0) is 55.8 Å². The van der Waals surface area contributed by atoms with E-state index in [1.165, 1.54) is 18.5 Å². The Hall–Kier alpha value is -4.07. The molecule has 2 aromatic heterocycles.